The molecule has 0 radical (unpaired) electrons. The molecule has 0 atom stereocenters. The van der Waals surface area contributed by atoms with Crippen LogP contribution in [0.15, 0.2) is 22.7 Å². The predicted octanol–water partition coefficient (Wildman–Crippen LogP) is 3.10. The molecule has 0 bridgehead atoms. The zero-order chi connectivity index (χ0) is 14.5. The molecule has 1 aliphatic heterocycles. The molecule has 0 aliphatic carbocycles. The Kier molecular flexibility index (Phi) is 5.02. The van der Waals surface area contributed by atoms with Crippen molar-refractivity contribution in [3.8, 4) is 6.07 Å². The summed E-state index contributed by atoms with van der Waals surface area (Å²) in [5.41, 5.74) is 1.72. The smallest absolute Gasteiger partial charge is 0.309 e. The summed E-state index contributed by atoms with van der Waals surface area (Å²) in [6, 6.07) is 7.72. The van der Waals surface area contributed by atoms with E-state index in [-0.39, 0.29) is 11.9 Å². The van der Waals surface area contributed by atoms with Crippen molar-refractivity contribution in [1.29, 1.82) is 5.26 Å². The average Bonchev–Trinajstić information content (AvgIpc) is 2.47. The molecule has 1 aromatic carbocycles. The minimum atomic E-state index is -0.0777. The van der Waals surface area contributed by atoms with Crippen LogP contribution < -0.4 is 4.90 Å². The van der Waals surface area contributed by atoms with E-state index in [9.17, 15) is 4.79 Å². The van der Waals surface area contributed by atoms with Gasteiger partial charge in [-0.15, -0.1) is 0 Å². The van der Waals surface area contributed by atoms with E-state index in [2.05, 4.69) is 26.9 Å². The lowest BCUT2D eigenvalue weighted by atomic mass is 9.96. The molecular formula is C15H17BrN2O2. The van der Waals surface area contributed by atoms with Crippen LogP contribution in [0.5, 0.6) is 0 Å². The highest BCUT2D eigenvalue weighted by Crippen LogP contribution is 2.31. The van der Waals surface area contributed by atoms with Gasteiger partial charge in [0.15, 0.2) is 0 Å². The Morgan fingerprint density at radius 1 is 1.50 bits per heavy atom. The Bertz CT molecular complexity index is 531. The van der Waals surface area contributed by atoms with E-state index in [4.69, 9.17) is 10.00 Å². The summed E-state index contributed by atoms with van der Waals surface area (Å²) in [5, 5.41) is 8.87. The van der Waals surface area contributed by atoms with Gasteiger partial charge >= 0.3 is 5.97 Å². The molecule has 0 N–H and O–H groups in total. The minimum Gasteiger partial charge on any atom is -0.466 e. The molecule has 0 spiro atoms. The molecule has 1 aliphatic rings. The summed E-state index contributed by atoms with van der Waals surface area (Å²) in [6.45, 7) is 3.93. The zero-order valence-electron chi connectivity index (χ0n) is 11.4. The number of benzene rings is 1. The van der Waals surface area contributed by atoms with Crippen LogP contribution in [0.4, 0.5) is 5.69 Å². The maximum Gasteiger partial charge on any atom is 0.309 e. The number of halogens is 1. The van der Waals surface area contributed by atoms with Gasteiger partial charge in [-0.05, 0) is 53.9 Å². The lowest BCUT2D eigenvalue weighted by molar-refractivity contribution is -0.148. The largest absolute Gasteiger partial charge is 0.466 e. The van der Waals surface area contributed by atoms with Gasteiger partial charge in [0.2, 0.25) is 0 Å². The summed E-state index contributed by atoms with van der Waals surface area (Å²) in [6.07, 6.45) is 1.62. The highest BCUT2D eigenvalue weighted by molar-refractivity contribution is 9.10. The average molecular weight is 337 g/mol. The van der Waals surface area contributed by atoms with Crippen molar-refractivity contribution in [2.75, 3.05) is 24.6 Å². The number of piperidine rings is 1. The third-order valence-corrected chi connectivity index (χ3v) is 4.17. The topological polar surface area (TPSA) is 53.3 Å². The van der Waals surface area contributed by atoms with Crippen molar-refractivity contribution in [2.24, 2.45) is 5.92 Å². The van der Waals surface area contributed by atoms with Crippen molar-refractivity contribution in [3.63, 3.8) is 0 Å². The number of rotatable bonds is 3. The molecule has 2 rings (SSSR count). The van der Waals surface area contributed by atoms with Crippen LogP contribution in [0, 0.1) is 17.2 Å². The van der Waals surface area contributed by atoms with Crippen LogP contribution in [0.2, 0.25) is 0 Å². The molecule has 0 saturated carbocycles. The fraction of sp³-hybridized carbons (Fsp3) is 0.467. The minimum absolute atomic E-state index is 0.0170. The van der Waals surface area contributed by atoms with Gasteiger partial charge in [0.05, 0.1) is 29.8 Å². The third kappa shape index (κ3) is 3.31. The van der Waals surface area contributed by atoms with Crippen LogP contribution in [0.3, 0.4) is 0 Å². The Morgan fingerprint density at radius 3 is 2.75 bits per heavy atom. The second-order valence-electron chi connectivity index (χ2n) is 4.79. The Hall–Kier alpha value is -1.54. The number of hydrogen-bond acceptors (Lipinski definition) is 4. The Balaban J connectivity index is 2.01. The molecule has 106 valence electrons. The summed E-state index contributed by atoms with van der Waals surface area (Å²) >= 11 is 3.51. The van der Waals surface area contributed by atoms with Gasteiger partial charge in [-0.25, -0.2) is 0 Å². The molecule has 0 unspecified atom stereocenters. The number of carbonyl (C=O) groups is 1. The number of anilines is 1. The maximum atomic E-state index is 11.7. The third-order valence-electron chi connectivity index (χ3n) is 3.53. The summed E-state index contributed by atoms with van der Waals surface area (Å²) in [5.74, 6) is -0.0607. The van der Waals surface area contributed by atoms with E-state index in [1.54, 1.807) is 0 Å². The van der Waals surface area contributed by atoms with Gasteiger partial charge in [-0.2, -0.15) is 5.26 Å². The highest BCUT2D eigenvalue weighted by Gasteiger charge is 2.26. The molecule has 1 saturated heterocycles. The fourth-order valence-electron chi connectivity index (χ4n) is 2.45. The molecule has 0 aromatic heterocycles. The Labute approximate surface area is 127 Å². The van der Waals surface area contributed by atoms with E-state index in [1.807, 2.05) is 25.1 Å². The second-order valence-corrected chi connectivity index (χ2v) is 5.65. The van der Waals surface area contributed by atoms with Gasteiger partial charge in [0, 0.05) is 17.6 Å². The molecule has 4 nitrogen and oxygen atoms in total. The van der Waals surface area contributed by atoms with Crippen molar-refractivity contribution in [1.82, 2.24) is 0 Å². The van der Waals surface area contributed by atoms with Crippen molar-refractivity contribution < 1.29 is 9.53 Å². The molecule has 1 heterocycles. The molecule has 1 fully saturated rings. The van der Waals surface area contributed by atoms with Gasteiger partial charge in [0.25, 0.3) is 0 Å². The highest BCUT2D eigenvalue weighted by atomic mass is 79.9. The van der Waals surface area contributed by atoms with E-state index in [0.29, 0.717) is 12.2 Å². The van der Waals surface area contributed by atoms with Crippen LogP contribution in [0.25, 0.3) is 0 Å². The molecule has 20 heavy (non-hydrogen) atoms. The molecule has 0 amide bonds. The predicted molar refractivity (Wildman–Crippen MR) is 80.4 cm³/mol. The number of nitrogens with zero attached hydrogens (tertiary/aromatic N) is 2. The quantitative estimate of drug-likeness (QED) is 0.796. The SMILES string of the molecule is CCOC(=O)C1CCN(c2ccc(C#N)cc2Br)CC1. The number of carbonyl (C=O) groups excluding carboxylic acids is 1. The first-order chi connectivity index (χ1) is 9.65. The molecule has 5 heteroatoms. The van der Waals surface area contributed by atoms with Crippen molar-refractivity contribution >= 4 is 27.6 Å². The number of esters is 1. The maximum absolute atomic E-state index is 11.7. The van der Waals surface area contributed by atoms with E-state index in [1.165, 1.54) is 0 Å². The summed E-state index contributed by atoms with van der Waals surface area (Å²) in [7, 11) is 0. The lowest BCUT2D eigenvalue weighted by Gasteiger charge is -2.33. The number of hydrogen-bond donors (Lipinski definition) is 0. The standard InChI is InChI=1S/C15H17BrN2O2/c1-2-20-15(19)12-5-7-18(8-6-12)14-4-3-11(10-17)9-13(14)16/h3-4,9,12H,2,5-8H2,1H3. The first-order valence-corrected chi connectivity index (χ1v) is 7.56. The van der Waals surface area contributed by atoms with Gasteiger partial charge in [0.1, 0.15) is 0 Å². The van der Waals surface area contributed by atoms with E-state index in [0.717, 1.165) is 36.1 Å². The lowest BCUT2D eigenvalue weighted by Crippen LogP contribution is -2.37. The second kappa shape index (κ2) is 6.76. The van der Waals surface area contributed by atoms with Gasteiger partial charge < -0.3 is 9.64 Å². The number of ether oxygens (including phenoxy) is 1. The number of nitriles is 1. The molecular weight excluding hydrogens is 320 g/mol. The van der Waals surface area contributed by atoms with Crippen molar-refractivity contribution in [3.05, 3.63) is 28.2 Å². The first-order valence-electron chi connectivity index (χ1n) is 6.77. The molecule has 1 aromatic rings. The van der Waals surface area contributed by atoms with Crippen LogP contribution in [-0.2, 0) is 9.53 Å². The monoisotopic (exact) mass is 336 g/mol. The zero-order valence-corrected chi connectivity index (χ0v) is 13.0. The fourth-order valence-corrected chi connectivity index (χ4v) is 3.08. The van der Waals surface area contributed by atoms with Crippen LogP contribution in [0.1, 0.15) is 25.3 Å². The summed E-state index contributed by atoms with van der Waals surface area (Å²) < 4.78 is 6.00. The van der Waals surface area contributed by atoms with Gasteiger partial charge in [-0.1, -0.05) is 0 Å². The Morgan fingerprint density at radius 2 is 2.20 bits per heavy atom. The van der Waals surface area contributed by atoms with Crippen LogP contribution in [-0.4, -0.2) is 25.7 Å². The van der Waals surface area contributed by atoms with E-state index >= 15 is 0 Å². The summed E-state index contributed by atoms with van der Waals surface area (Å²) in [4.78, 5) is 13.9. The van der Waals surface area contributed by atoms with Gasteiger partial charge in [-0.3, -0.25) is 4.79 Å². The normalized spacial score (nSPS) is 15.8. The van der Waals surface area contributed by atoms with Crippen molar-refractivity contribution in [2.45, 2.75) is 19.8 Å². The van der Waals surface area contributed by atoms with Crippen LogP contribution >= 0.6 is 15.9 Å². The van der Waals surface area contributed by atoms with E-state index < -0.39 is 0 Å². The first kappa shape index (κ1) is 14.9.